The zero-order valence-electron chi connectivity index (χ0n) is 14.2. The topological polar surface area (TPSA) is 145 Å². The molecule has 1 aromatic heterocycles. The normalized spacial score (nSPS) is 11.0. The van der Waals surface area contributed by atoms with E-state index in [0.717, 1.165) is 0 Å². The summed E-state index contributed by atoms with van der Waals surface area (Å²) in [5.41, 5.74) is 0.910. The van der Waals surface area contributed by atoms with Gasteiger partial charge in [-0.25, -0.2) is 13.6 Å². The Balaban J connectivity index is 1.84. The molecule has 0 aliphatic rings. The molecule has 140 valence electrons. The van der Waals surface area contributed by atoms with Crippen LogP contribution in [0.1, 0.15) is 15.9 Å². The van der Waals surface area contributed by atoms with E-state index >= 15 is 0 Å². The van der Waals surface area contributed by atoms with Crippen LogP contribution in [-0.4, -0.2) is 43.7 Å². The number of aryl methyl sites for hydroxylation is 1. The maximum absolute atomic E-state index is 12.1. The van der Waals surface area contributed by atoms with Gasteiger partial charge in [0.05, 0.1) is 18.6 Å². The molecule has 0 saturated heterocycles. The van der Waals surface area contributed by atoms with Crippen molar-refractivity contribution in [3.63, 3.8) is 0 Å². The van der Waals surface area contributed by atoms with Crippen molar-refractivity contribution in [3.8, 4) is 5.88 Å². The second kappa shape index (κ2) is 7.97. The third-order valence-corrected chi connectivity index (χ3v) is 4.31. The summed E-state index contributed by atoms with van der Waals surface area (Å²) in [4.78, 5) is 23.9. The number of nitrogens with two attached hydrogens (primary N) is 1. The first-order valence-electron chi connectivity index (χ1n) is 7.45. The summed E-state index contributed by atoms with van der Waals surface area (Å²) < 4.78 is 28.8. The van der Waals surface area contributed by atoms with Crippen molar-refractivity contribution < 1.29 is 22.7 Å². The summed E-state index contributed by atoms with van der Waals surface area (Å²) in [5.74, 6) is -0.723. The molecule has 0 unspecified atom stereocenters. The summed E-state index contributed by atoms with van der Waals surface area (Å²) in [6, 6.07) is 5.79. The zero-order valence-corrected chi connectivity index (χ0v) is 15.0. The summed E-state index contributed by atoms with van der Waals surface area (Å²) >= 11 is 0. The van der Waals surface area contributed by atoms with Crippen molar-refractivity contribution in [1.82, 2.24) is 20.4 Å². The molecule has 0 spiro atoms. The van der Waals surface area contributed by atoms with Gasteiger partial charge in [-0.05, 0) is 17.7 Å². The Morgan fingerprint density at radius 1 is 1.23 bits per heavy atom. The van der Waals surface area contributed by atoms with Crippen molar-refractivity contribution in [2.75, 3.05) is 13.7 Å². The first-order valence-corrected chi connectivity index (χ1v) is 8.99. The Bertz CT molecular complexity index is 905. The Labute approximate surface area is 150 Å². The van der Waals surface area contributed by atoms with Gasteiger partial charge in [0.15, 0.2) is 0 Å². The molecule has 2 rings (SSSR count). The number of carbonyl (C=O) groups excluding carboxylic acids is 2. The predicted octanol–water partition coefficient (Wildman–Crippen LogP) is -0.878. The molecule has 0 fully saturated rings. The van der Waals surface area contributed by atoms with E-state index in [1.165, 1.54) is 30.1 Å². The molecule has 0 bridgehead atoms. The molecule has 1 aromatic carbocycles. The molecular weight excluding hydrogens is 362 g/mol. The molecule has 10 nitrogen and oxygen atoms in total. The predicted molar refractivity (Wildman–Crippen MR) is 91.8 cm³/mol. The van der Waals surface area contributed by atoms with E-state index in [1.54, 1.807) is 19.2 Å². The highest BCUT2D eigenvalue weighted by molar-refractivity contribution is 7.89. The van der Waals surface area contributed by atoms with Crippen LogP contribution >= 0.6 is 0 Å². The number of ether oxygens (including phenoxy) is 1. The minimum atomic E-state index is -3.75. The van der Waals surface area contributed by atoms with Crippen LogP contribution in [0, 0.1) is 0 Å². The molecule has 0 aliphatic carbocycles. The first-order chi connectivity index (χ1) is 12.2. The first kappa shape index (κ1) is 19.4. The average Bonchev–Trinajstić information content (AvgIpc) is 2.98. The van der Waals surface area contributed by atoms with Gasteiger partial charge in [-0.2, -0.15) is 0 Å². The lowest BCUT2D eigenvalue weighted by molar-refractivity contribution is -0.120. The van der Waals surface area contributed by atoms with Gasteiger partial charge in [0.25, 0.3) is 5.91 Å². The molecule has 0 saturated carbocycles. The highest BCUT2D eigenvalue weighted by Gasteiger charge is 2.16. The van der Waals surface area contributed by atoms with E-state index in [2.05, 4.69) is 15.7 Å². The lowest BCUT2D eigenvalue weighted by atomic mass is 10.2. The number of amides is 2. The van der Waals surface area contributed by atoms with Gasteiger partial charge in [-0.3, -0.25) is 14.3 Å². The van der Waals surface area contributed by atoms with Crippen molar-refractivity contribution in [3.05, 3.63) is 41.6 Å². The Morgan fingerprint density at radius 2 is 1.88 bits per heavy atom. The zero-order chi connectivity index (χ0) is 19.3. The van der Waals surface area contributed by atoms with Crippen LogP contribution in [0.5, 0.6) is 5.88 Å². The van der Waals surface area contributed by atoms with E-state index in [9.17, 15) is 18.0 Å². The number of nitrogens with zero attached hydrogens (tertiary/aromatic N) is 2. The van der Waals surface area contributed by atoms with Gasteiger partial charge in [0, 0.05) is 19.8 Å². The van der Waals surface area contributed by atoms with Crippen molar-refractivity contribution in [2.24, 2.45) is 12.2 Å². The van der Waals surface area contributed by atoms with Crippen LogP contribution < -0.4 is 20.5 Å². The quantitative estimate of drug-likeness (QED) is 0.568. The van der Waals surface area contributed by atoms with Gasteiger partial charge in [0.2, 0.25) is 21.8 Å². The van der Waals surface area contributed by atoms with Gasteiger partial charge in [-0.15, -0.1) is 5.10 Å². The SMILES string of the molecule is COc1nn(C)cc1C(=O)NCC(=O)NCc1ccc(S(N)(=O)=O)cc1. The number of hydrogen-bond donors (Lipinski definition) is 3. The van der Waals surface area contributed by atoms with Gasteiger partial charge >= 0.3 is 0 Å². The van der Waals surface area contributed by atoms with Crippen LogP contribution in [0.2, 0.25) is 0 Å². The maximum Gasteiger partial charge on any atom is 0.258 e. The largest absolute Gasteiger partial charge is 0.479 e. The van der Waals surface area contributed by atoms with Crippen molar-refractivity contribution in [2.45, 2.75) is 11.4 Å². The molecule has 0 radical (unpaired) electrons. The average molecular weight is 381 g/mol. The second-order valence-corrected chi connectivity index (χ2v) is 6.94. The number of primary sulfonamides is 1. The van der Waals surface area contributed by atoms with E-state index in [0.29, 0.717) is 5.56 Å². The number of aromatic nitrogens is 2. The van der Waals surface area contributed by atoms with Gasteiger partial charge < -0.3 is 15.4 Å². The lowest BCUT2D eigenvalue weighted by Crippen LogP contribution is -2.36. The third-order valence-electron chi connectivity index (χ3n) is 3.38. The summed E-state index contributed by atoms with van der Waals surface area (Å²) in [6.07, 6.45) is 1.49. The molecule has 1 heterocycles. The number of hydrogen-bond acceptors (Lipinski definition) is 6. The van der Waals surface area contributed by atoms with Crippen molar-refractivity contribution >= 4 is 21.8 Å². The summed E-state index contributed by atoms with van der Waals surface area (Å²) in [7, 11) is -0.709. The minimum Gasteiger partial charge on any atom is -0.479 e. The lowest BCUT2D eigenvalue weighted by Gasteiger charge is -2.07. The van der Waals surface area contributed by atoms with Crippen LogP contribution in [0.3, 0.4) is 0 Å². The third kappa shape index (κ3) is 5.04. The molecule has 11 heteroatoms. The number of methoxy groups -OCH3 is 1. The number of sulfonamides is 1. The van der Waals surface area contributed by atoms with E-state index in [1.807, 2.05) is 0 Å². The number of carbonyl (C=O) groups is 2. The Hall–Kier alpha value is -2.92. The highest BCUT2D eigenvalue weighted by atomic mass is 32.2. The highest BCUT2D eigenvalue weighted by Crippen LogP contribution is 2.14. The second-order valence-electron chi connectivity index (χ2n) is 5.37. The number of benzene rings is 1. The van der Waals surface area contributed by atoms with Crippen LogP contribution in [0.25, 0.3) is 0 Å². The molecule has 0 aliphatic heterocycles. The van der Waals surface area contributed by atoms with Gasteiger partial charge in [0.1, 0.15) is 5.56 Å². The standard InChI is InChI=1S/C15H19N5O5S/c1-20-9-12(15(19-20)25-2)14(22)18-8-13(21)17-7-10-3-5-11(6-4-10)26(16,23)24/h3-6,9H,7-8H2,1-2H3,(H,17,21)(H,18,22)(H2,16,23,24). The van der Waals surface area contributed by atoms with Crippen LogP contribution in [-0.2, 0) is 28.4 Å². The minimum absolute atomic E-state index is 0.00902. The van der Waals surface area contributed by atoms with Crippen LogP contribution in [0.4, 0.5) is 0 Å². The molecule has 26 heavy (non-hydrogen) atoms. The molecular formula is C15H19N5O5S. The van der Waals surface area contributed by atoms with Crippen molar-refractivity contribution in [1.29, 1.82) is 0 Å². The summed E-state index contributed by atoms with van der Waals surface area (Å²) in [6.45, 7) is -0.0536. The fourth-order valence-electron chi connectivity index (χ4n) is 2.09. The van der Waals surface area contributed by atoms with E-state index in [4.69, 9.17) is 9.88 Å². The smallest absolute Gasteiger partial charge is 0.258 e. The van der Waals surface area contributed by atoms with Crippen LogP contribution in [0.15, 0.2) is 35.4 Å². The van der Waals surface area contributed by atoms with E-state index in [-0.39, 0.29) is 29.4 Å². The summed E-state index contributed by atoms with van der Waals surface area (Å²) in [5, 5.41) is 14.1. The molecule has 2 aromatic rings. The monoisotopic (exact) mass is 381 g/mol. The molecule has 0 atom stereocenters. The Kier molecular flexibility index (Phi) is 5.95. The fraction of sp³-hybridized carbons (Fsp3) is 0.267. The molecule has 2 amide bonds. The number of rotatable bonds is 7. The maximum atomic E-state index is 12.1. The number of nitrogens with one attached hydrogen (secondary N) is 2. The fourth-order valence-corrected chi connectivity index (χ4v) is 2.61. The Morgan fingerprint density at radius 3 is 2.46 bits per heavy atom. The molecule has 4 N–H and O–H groups in total. The van der Waals surface area contributed by atoms with Gasteiger partial charge in [-0.1, -0.05) is 12.1 Å². The van der Waals surface area contributed by atoms with E-state index < -0.39 is 21.8 Å².